The molecule has 0 atom stereocenters. The number of sulfonamides is 1. The Bertz CT molecular complexity index is 542. The van der Waals surface area contributed by atoms with E-state index >= 15 is 0 Å². The van der Waals surface area contributed by atoms with Gasteiger partial charge in [-0.25, -0.2) is 13.1 Å². The van der Waals surface area contributed by atoms with Gasteiger partial charge >= 0.3 is 0 Å². The van der Waals surface area contributed by atoms with E-state index < -0.39 is 10.0 Å². The zero-order valence-electron chi connectivity index (χ0n) is 10.5. The normalized spacial score (nSPS) is 18.6. The third-order valence-electron chi connectivity index (χ3n) is 3.66. The molecule has 0 saturated heterocycles. The average molecular weight is 305 g/mol. The minimum atomic E-state index is -3.68. The summed E-state index contributed by atoms with van der Waals surface area (Å²) in [5, 5.41) is 9.61. The van der Waals surface area contributed by atoms with Gasteiger partial charge < -0.3 is 5.11 Å². The van der Waals surface area contributed by atoms with Crippen LogP contribution in [0.25, 0.3) is 0 Å². The van der Waals surface area contributed by atoms with Crippen molar-refractivity contribution in [2.75, 3.05) is 13.2 Å². The minimum absolute atomic E-state index is 0.00368. The maximum absolute atomic E-state index is 12.2. The Morgan fingerprint density at radius 3 is 2.68 bits per heavy atom. The molecule has 0 aliphatic heterocycles. The number of hydrogen-bond donors (Lipinski definition) is 2. The SMILES string of the molecule is O=S(=O)(NCC1(CO)CCCC1)c1cnccc1Cl. The van der Waals surface area contributed by atoms with Gasteiger partial charge in [-0.3, -0.25) is 4.98 Å². The Kier molecular flexibility index (Phi) is 4.45. The van der Waals surface area contributed by atoms with Crippen molar-refractivity contribution < 1.29 is 13.5 Å². The highest BCUT2D eigenvalue weighted by atomic mass is 35.5. The molecule has 2 N–H and O–H groups in total. The number of pyridine rings is 1. The van der Waals surface area contributed by atoms with Crippen LogP contribution in [-0.2, 0) is 10.0 Å². The van der Waals surface area contributed by atoms with Crippen molar-refractivity contribution in [1.29, 1.82) is 0 Å². The first-order valence-corrected chi connectivity index (χ1v) is 8.05. The summed E-state index contributed by atoms with van der Waals surface area (Å²) >= 11 is 5.86. The molecule has 0 unspecified atom stereocenters. The Labute approximate surface area is 118 Å². The van der Waals surface area contributed by atoms with Gasteiger partial charge in [0.25, 0.3) is 0 Å². The predicted molar refractivity (Wildman–Crippen MR) is 72.4 cm³/mol. The van der Waals surface area contributed by atoms with Gasteiger partial charge in [-0.05, 0) is 18.9 Å². The Balaban J connectivity index is 2.12. The molecule has 19 heavy (non-hydrogen) atoms. The molecule has 1 aromatic rings. The van der Waals surface area contributed by atoms with E-state index in [2.05, 4.69) is 9.71 Å². The lowest BCUT2D eigenvalue weighted by atomic mass is 9.88. The molecule has 0 bridgehead atoms. The van der Waals surface area contributed by atoms with E-state index in [0.717, 1.165) is 25.7 Å². The second-order valence-corrected chi connectivity index (χ2v) is 7.14. The molecule has 1 aliphatic carbocycles. The van der Waals surface area contributed by atoms with Crippen LogP contribution in [0.4, 0.5) is 0 Å². The monoisotopic (exact) mass is 304 g/mol. The Hall–Kier alpha value is -0.690. The molecule has 7 heteroatoms. The van der Waals surface area contributed by atoms with E-state index in [1.807, 2.05) is 0 Å². The summed E-state index contributed by atoms with van der Waals surface area (Å²) in [6, 6.07) is 1.44. The number of halogens is 1. The molecule has 0 radical (unpaired) electrons. The molecule has 1 aromatic heterocycles. The first kappa shape index (κ1) is 14.7. The van der Waals surface area contributed by atoms with E-state index in [1.54, 1.807) is 0 Å². The molecular formula is C12H17ClN2O3S. The molecule has 5 nitrogen and oxygen atoms in total. The number of nitrogens with zero attached hydrogens (tertiary/aromatic N) is 1. The van der Waals surface area contributed by atoms with Crippen LogP contribution in [0, 0.1) is 5.41 Å². The summed E-state index contributed by atoms with van der Waals surface area (Å²) in [6.45, 7) is 0.230. The van der Waals surface area contributed by atoms with Gasteiger partial charge in [0.05, 0.1) is 5.02 Å². The van der Waals surface area contributed by atoms with Crippen molar-refractivity contribution in [3.63, 3.8) is 0 Å². The van der Waals surface area contributed by atoms with Crippen molar-refractivity contribution in [2.24, 2.45) is 5.41 Å². The lowest BCUT2D eigenvalue weighted by Gasteiger charge is -2.26. The Morgan fingerprint density at radius 2 is 2.11 bits per heavy atom. The van der Waals surface area contributed by atoms with Crippen LogP contribution >= 0.6 is 11.6 Å². The summed E-state index contributed by atoms with van der Waals surface area (Å²) in [7, 11) is -3.68. The molecule has 2 rings (SSSR count). The molecule has 1 aliphatic rings. The highest BCUT2D eigenvalue weighted by molar-refractivity contribution is 7.89. The molecular weight excluding hydrogens is 288 g/mol. The second-order valence-electron chi connectivity index (χ2n) is 5.00. The van der Waals surface area contributed by atoms with E-state index in [4.69, 9.17) is 11.6 Å². The molecule has 0 spiro atoms. The zero-order valence-corrected chi connectivity index (χ0v) is 12.0. The average Bonchev–Trinajstić information content (AvgIpc) is 2.86. The number of aromatic nitrogens is 1. The summed E-state index contributed by atoms with van der Waals surface area (Å²) < 4.78 is 26.8. The summed E-state index contributed by atoms with van der Waals surface area (Å²) in [5.41, 5.74) is -0.332. The molecule has 1 heterocycles. The van der Waals surface area contributed by atoms with Crippen LogP contribution in [0.2, 0.25) is 5.02 Å². The van der Waals surface area contributed by atoms with Crippen LogP contribution in [-0.4, -0.2) is 31.7 Å². The third-order valence-corrected chi connectivity index (χ3v) is 5.53. The number of nitrogens with one attached hydrogen (secondary N) is 1. The summed E-state index contributed by atoms with van der Waals surface area (Å²) in [5.74, 6) is 0. The van der Waals surface area contributed by atoms with Crippen molar-refractivity contribution in [3.05, 3.63) is 23.5 Å². The van der Waals surface area contributed by atoms with Gasteiger partial charge in [0.2, 0.25) is 10.0 Å². The number of rotatable bonds is 5. The van der Waals surface area contributed by atoms with Gasteiger partial charge in [-0.1, -0.05) is 24.4 Å². The quantitative estimate of drug-likeness (QED) is 0.865. The van der Waals surface area contributed by atoms with Crippen LogP contribution in [0.1, 0.15) is 25.7 Å². The fourth-order valence-corrected chi connectivity index (χ4v) is 3.99. The number of aliphatic hydroxyl groups is 1. The maximum atomic E-state index is 12.2. The van der Waals surface area contributed by atoms with Crippen LogP contribution < -0.4 is 4.72 Å². The number of aliphatic hydroxyl groups excluding tert-OH is 1. The first-order valence-electron chi connectivity index (χ1n) is 6.19. The van der Waals surface area contributed by atoms with Gasteiger partial charge in [-0.15, -0.1) is 0 Å². The molecule has 0 aromatic carbocycles. The maximum Gasteiger partial charge on any atom is 0.243 e. The van der Waals surface area contributed by atoms with E-state index in [0.29, 0.717) is 0 Å². The highest BCUT2D eigenvalue weighted by Crippen LogP contribution is 2.37. The first-order chi connectivity index (χ1) is 8.99. The summed E-state index contributed by atoms with van der Waals surface area (Å²) in [6.07, 6.45) is 6.39. The van der Waals surface area contributed by atoms with E-state index in [1.165, 1.54) is 18.5 Å². The largest absolute Gasteiger partial charge is 0.396 e. The fraction of sp³-hybridized carbons (Fsp3) is 0.583. The molecule has 0 amide bonds. The Morgan fingerprint density at radius 1 is 1.42 bits per heavy atom. The summed E-state index contributed by atoms with van der Waals surface area (Å²) in [4.78, 5) is 3.75. The second kappa shape index (κ2) is 5.75. The van der Waals surface area contributed by atoms with Crippen molar-refractivity contribution >= 4 is 21.6 Å². The van der Waals surface area contributed by atoms with Gasteiger partial charge in [0, 0.05) is 31.0 Å². The molecule has 106 valence electrons. The van der Waals surface area contributed by atoms with Crippen LogP contribution in [0.15, 0.2) is 23.4 Å². The van der Waals surface area contributed by atoms with Gasteiger partial charge in [-0.2, -0.15) is 0 Å². The minimum Gasteiger partial charge on any atom is -0.396 e. The van der Waals surface area contributed by atoms with E-state index in [-0.39, 0.29) is 28.5 Å². The lowest BCUT2D eigenvalue weighted by Crippen LogP contribution is -2.38. The van der Waals surface area contributed by atoms with E-state index in [9.17, 15) is 13.5 Å². The van der Waals surface area contributed by atoms with Gasteiger partial charge in [0.15, 0.2) is 0 Å². The predicted octanol–water partition coefficient (Wildman–Crippen LogP) is 1.57. The van der Waals surface area contributed by atoms with Crippen LogP contribution in [0.5, 0.6) is 0 Å². The number of hydrogen-bond acceptors (Lipinski definition) is 4. The van der Waals surface area contributed by atoms with Crippen LogP contribution in [0.3, 0.4) is 0 Å². The third kappa shape index (κ3) is 3.25. The lowest BCUT2D eigenvalue weighted by molar-refractivity contribution is 0.134. The van der Waals surface area contributed by atoms with Gasteiger partial charge in [0.1, 0.15) is 4.90 Å². The molecule has 1 fully saturated rings. The smallest absolute Gasteiger partial charge is 0.243 e. The highest BCUT2D eigenvalue weighted by Gasteiger charge is 2.34. The van der Waals surface area contributed by atoms with Crippen molar-refractivity contribution in [2.45, 2.75) is 30.6 Å². The topological polar surface area (TPSA) is 79.3 Å². The molecule has 1 saturated carbocycles. The van der Waals surface area contributed by atoms with Crippen molar-refractivity contribution in [1.82, 2.24) is 9.71 Å². The fourth-order valence-electron chi connectivity index (χ4n) is 2.40. The standard InChI is InChI=1S/C12H17ClN2O3S/c13-10-3-6-14-7-11(10)19(17,18)15-8-12(9-16)4-1-2-5-12/h3,6-7,15-16H,1-2,4-5,8-9H2. The van der Waals surface area contributed by atoms with Crippen molar-refractivity contribution in [3.8, 4) is 0 Å². The zero-order chi connectivity index (χ0) is 13.9.